The van der Waals surface area contributed by atoms with Gasteiger partial charge >= 0.3 is 6.16 Å². The smallest absolute Gasteiger partial charge is 0.438 e. The number of hydrogen-bond acceptors (Lipinski definition) is 5. The molecule has 0 atom stereocenters. The van der Waals surface area contributed by atoms with Crippen LogP contribution in [0.3, 0.4) is 0 Å². The van der Waals surface area contributed by atoms with E-state index in [1.165, 1.54) is 13.4 Å². The average Bonchev–Trinajstić information content (AvgIpc) is 3.04. The monoisotopic (exact) mass is 413 g/mol. The van der Waals surface area contributed by atoms with Crippen molar-refractivity contribution in [1.82, 2.24) is 4.57 Å². The number of methoxy groups -OCH3 is 1. The molecule has 0 aliphatic carbocycles. The second-order valence-corrected chi connectivity index (χ2v) is 8.68. The van der Waals surface area contributed by atoms with Crippen LogP contribution >= 0.6 is 0 Å². The molecule has 0 aliphatic heterocycles. The first-order chi connectivity index (χ1) is 13.8. The van der Waals surface area contributed by atoms with Crippen molar-refractivity contribution in [3.8, 4) is 16.9 Å². The minimum absolute atomic E-state index is 0.207. The number of sulfone groups is 1. The van der Waals surface area contributed by atoms with E-state index in [0.717, 1.165) is 28.2 Å². The van der Waals surface area contributed by atoms with E-state index in [1.807, 2.05) is 43.3 Å². The van der Waals surface area contributed by atoms with E-state index < -0.39 is 16.0 Å². The lowest BCUT2D eigenvalue weighted by Crippen LogP contribution is -2.07. The third-order valence-corrected chi connectivity index (χ3v) is 5.83. The summed E-state index contributed by atoms with van der Waals surface area (Å²) in [6.07, 6.45) is 1.02. The number of carbonyl (C=O) groups is 1. The molecule has 3 aromatic rings. The summed E-state index contributed by atoms with van der Waals surface area (Å²) in [5, 5.41) is 0. The number of hydrogen-bond donors (Lipinski definition) is 0. The standard InChI is InChI=1S/C22H23NO5S/c1-16-18(13-14-28-22(24)27-2)15-21(23(16)19-7-5-4-6-8-19)17-9-11-20(12-10-17)29(3,25)26/h4-12,15H,13-14H2,1-3H3. The largest absolute Gasteiger partial charge is 0.507 e. The summed E-state index contributed by atoms with van der Waals surface area (Å²) < 4.78 is 35.2. The second kappa shape index (κ2) is 8.53. The topological polar surface area (TPSA) is 74.6 Å². The van der Waals surface area contributed by atoms with Gasteiger partial charge in [0.2, 0.25) is 0 Å². The molecule has 0 unspecified atom stereocenters. The Hall–Kier alpha value is -3.06. The van der Waals surface area contributed by atoms with Crippen LogP contribution in [0.5, 0.6) is 0 Å². The van der Waals surface area contributed by atoms with Crippen LogP contribution in [-0.2, 0) is 25.7 Å². The molecule has 0 saturated carbocycles. The van der Waals surface area contributed by atoms with E-state index in [9.17, 15) is 13.2 Å². The van der Waals surface area contributed by atoms with Gasteiger partial charge in [-0.2, -0.15) is 0 Å². The normalized spacial score (nSPS) is 11.3. The minimum Gasteiger partial charge on any atom is -0.438 e. The predicted octanol–water partition coefficient (Wildman–Crippen LogP) is 4.18. The summed E-state index contributed by atoms with van der Waals surface area (Å²) in [5.74, 6) is 0. The summed E-state index contributed by atoms with van der Waals surface area (Å²) in [7, 11) is -1.98. The molecular formula is C22H23NO5S. The van der Waals surface area contributed by atoms with Crippen molar-refractivity contribution in [3.63, 3.8) is 0 Å². The van der Waals surface area contributed by atoms with Crippen LogP contribution in [0.15, 0.2) is 65.6 Å². The van der Waals surface area contributed by atoms with Gasteiger partial charge in [0.15, 0.2) is 9.84 Å². The van der Waals surface area contributed by atoms with Crippen molar-refractivity contribution >= 4 is 16.0 Å². The Kier molecular flexibility index (Phi) is 6.08. The lowest BCUT2D eigenvalue weighted by molar-refractivity contribution is 0.0736. The van der Waals surface area contributed by atoms with Crippen molar-refractivity contribution in [2.24, 2.45) is 0 Å². The van der Waals surface area contributed by atoms with Crippen molar-refractivity contribution in [2.45, 2.75) is 18.2 Å². The van der Waals surface area contributed by atoms with Crippen molar-refractivity contribution in [2.75, 3.05) is 20.0 Å². The molecule has 0 aliphatic rings. The van der Waals surface area contributed by atoms with Crippen LogP contribution in [0.1, 0.15) is 11.3 Å². The molecule has 0 saturated heterocycles. The number of para-hydroxylation sites is 1. The molecule has 0 bridgehead atoms. The summed E-state index contributed by atoms with van der Waals surface area (Å²) >= 11 is 0. The van der Waals surface area contributed by atoms with Gasteiger partial charge in [0.05, 0.1) is 24.3 Å². The highest BCUT2D eigenvalue weighted by Crippen LogP contribution is 2.30. The Morgan fingerprint density at radius 1 is 1.03 bits per heavy atom. The zero-order valence-corrected chi connectivity index (χ0v) is 17.4. The molecule has 0 radical (unpaired) electrons. The van der Waals surface area contributed by atoms with Gasteiger partial charge in [0, 0.05) is 24.1 Å². The van der Waals surface area contributed by atoms with E-state index >= 15 is 0 Å². The van der Waals surface area contributed by atoms with Crippen molar-refractivity contribution < 1.29 is 22.7 Å². The third kappa shape index (κ3) is 4.68. The highest BCUT2D eigenvalue weighted by atomic mass is 32.2. The van der Waals surface area contributed by atoms with Crippen LogP contribution in [0.2, 0.25) is 0 Å². The van der Waals surface area contributed by atoms with E-state index in [-0.39, 0.29) is 11.5 Å². The Bertz CT molecular complexity index is 1100. The quantitative estimate of drug-likeness (QED) is 0.567. The molecule has 2 aromatic carbocycles. The molecule has 0 spiro atoms. The molecule has 29 heavy (non-hydrogen) atoms. The molecule has 0 amide bonds. The SMILES string of the molecule is COC(=O)OCCc1cc(-c2ccc(S(C)(=O)=O)cc2)n(-c2ccccc2)c1C. The fraction of sp³-hybridized carbons (Fsp3) is 0.227. The van der Waals surface area contributed by atoms with E-state index in [1.54, 1.807) is 24.3 Å². The van der Waals surface area contributed by atoms with E-state index in [4.69, 9.17) is 4.74 Å². The zero-order chi connectivity index (χ0) is 21.0. The number of ether oxygens (including phenoxy) is 2. The van der Waals surface area contributed by atoms with Gasteiger partial charge in [0.1, 0.15) is 0 Å². The van der Waals surface area contributed by atoms with Gasteiger partial charge in [0.25, 0.3) is 0 Å². The zero-order valence-electron chi connectivity index (χ0n) is 16.6. The summed E-state index contributed by atoms with van der Waals surface area (Å²) in [5.41, 5.74) is 4.87. The fourth-order valence-corrected chi connectivity index (χ4v) is 3.84. The lowest BCUT2D eigenvalue weighted by atomic mass is 10.1. The highest BCUT2D eigenvalue weighted by molar-refractivity contribution is 7.90. The maximum absolute atomic E-state index is 11.8. The molecule has 152 valence electrons. The van der Waals surface area contributed by atoms with Gasteiger partial charge < -0.3 is 14.0 Å². The molecule has 3 rings (SSSR count). The molecule has 0 N–H and O–H groups in total. The van der Waals surface area contributed by atoms with Crippen LogP contribution in [-0.4, -0.2) is 39.1 Å². The van der Waals surface area contributed by atoms with Gasteiger partial charge in [-0.05, 0) is 48.4 Å². The van der Waals surface area contributed by atoms with Crippen LogP contribution in [0, 0.1) is 6.92 Å². The Balaban J connectivity index is 2.03. The molecule has 7 heteroatoms. The first-order valence-corrected chi connectivity index (χ1v) is 11.0. The van der Waals surface area contributed by atoms with E-state index in [2.05, 4.69) is 9.30 Å². The Morgan fingerprint density at radius 3 is 2.28 bits per heavy atom. The van der Waals surface area contributed by atoms with Gasteiger partial charge in [-0.1, -0.05) is 30.3 Å². The van der Waals surface area contributed by atoms with Crippen molar-refractivity contribution in [3.05, 3.63) is 71.9 Å². The molecule has 6 nitrogen and oxygen atoms in total. The molecule has 1 aromatic heterocycles. The maximum Gasteiger partial charge on any atom is 0.507 e. The minimum atomic E-state index is -3.26. The number of nitrogens with zero attached hydrogens (tertiary/aromatic N) is 1. The number of carbonyl (C=O) groups excluding carboxylic acids is 1. The maximum atomic E-state index is 11.8. The number of rotatable bonds is 6. The fourth-order valence-electron chi connectivity index (χ4n) is 3.21. The van der Waals surface area contributed by atoms with Gasteiger partial charge in [-0.25, -0.2) is 13.2 Å². The predicted molar refractivity (Wildman–Crippen MR) is 111 cm³/mol. The second-order valence-electron chi connectivity index (χ2n) is 6.66. The molecule has 0 fully saturated rings. The average molecular weight is 413 g/mol. The van der Waals surface area contributed by atoms with Crippen molar-refractivity contribution in [1.29, 1.82) is 0 Å². The van der Waals surface area contributed by atoms with Gasteiger partial charge in [-0.3, -0.25) is 0 Å². The Morgan fingerprint density at radius 2 is 1.69 bits per heavy atom. The third-order valence-electron chi connectivity index (χ3n) is 4.70. The van der Waals surface area contributed by atoms with E-state index in [0.29, 0.717) is 6.42 Å². The lowest BCUT2D eigenvalue weighted by Gasteiger charge is -2.13. The summed E-state index contributed by atoms with van der Waals surface area (Å²) in [6, 6.07) is 18.8. The summed E-state index contributed by atoms with van der Waals surface area (Å²) in [4.78, 5) is 11.5. The first kappa shape index (κ1) is 20.7. The molecule has 1 heterocycles. The van der Waals surface area contributed by atoms with Crippen LogP contribution in [0.25, 0.3) is 16.9 Å². The highest BCUT2D eigenvalue weighted by Gasteiger charge is 2.16. The summed E-state index contributed by atoms with van der Waals surface area (Å²) in [6.45, 7) is 2.22. The number of aromatic nitrogens is 1. The van der Waals surface area contributed by atoms with Crippen LogP contribution < -0.4 is 0 Å². The first-order valence-electron chi connectivity index (χ1n) is 9.09. The Labute approximate surface area is 170 Å². The van der Waals surface area contributed by atoms with Gasteiger partial charge in [-0.15, -0.1) is 0 Å². The number of benzene rings is 2. The molecular weight excluding hydrogens is 390 g/mol. The van der Waals surface area contributed by atoms with Crippen LogP contribution in [0.4, 0.5) is 4.79 Å².